The molecule has 4 nitrogen and oxygen atoms in total. The largest absolute Gasteiger partial charge is 0.493 e. The van der Waals surface area contributed by atoms with Gasteiger partial charge in [-0.2, -0.15) is 0 Å². The molecule has 0 aromatic heterocycles. The van der Waals surface area contributed by atoms with Crippen LogP contribution in [0.5, 0.6) is 5.75 Å². The number of aryl methyl sites for hydroxylation is 1. The van der Waals surface area contributed by atoms with Crippen LogP contribution in [0, 0.1) is 13.8 Å². The van der Waals surface area contributed by atoms with Gasteiger partial charge in [-0.3, -0.25) is 4.79 Å². The lowest BCUT2D eigenvalue weighted by Crippen LogP contribution is -2.11. The SMILES string of the molecule is Cc1ccc(C(C)C(=O)O)c(C)c1OCCCN. The lowest BCUT2D eigenvalue weighted by atomic mass is 9.94. The molecular formula is C14H21NO3. The first-order chi connectivity index (χ1) is 8.49. The maximum absolute atomic E-state index is 11.1. The highest BCUT2D eigenvalue weighted by Gasteiger charge is 2.19. The number of ether oxygens (including phenoxy) is 1. The van der Waals surface area contributed by atoms with Crippen molar-refractivity contribution in [3.63, 3.8) is 0 Å². The number of rotatable bonds is 6. The number of carbonyl (C=O) groups is 1. The van der Waals surface area contributed by atoms with Gasteiger partial charge in [-0.15, -0.1) is 0 Å². The summed E-state index contributed by atoms with van der Waals surface area (Å²) in [6, 6.07) is 3.76. The van der Waals surface area contributed by atoms with Crippen LogP contribution in [0.25, 0.3) is 0 Å². The molecule has 0 bridgehead atoms. The predicted octanol–water partition coefficient (Wildman–Crippen LogP) is 2.22. The molecule has 0 aliphatic rings. The minimum Gasteiger partial charge on any atom is -0.493 e. The Morgan fingerprint density at radius 1 is 1.44 bits per heavy atom. The fourth-order valence-corrected chi connectivity index (χ4v) is 1.92. The lowest BCUT2D eigenvalue weighted by molar-refractivity contribution is -0.138. The molecule has 0 fully saturated rings. The van der Waals surface area contributed by atoms with Crippen LogP contribution >= 0.6 is 0 Å². The Morgan fingerprint density at radius 3 is 2.67 bits per heavy atom. The quantitative estimate of drug-likeness (QED) is 0.760. The maximum atomic E-state index is 11.1. The molecule has 1 unspecified atom stereocenters. The van der Waals surface area contributed by atoms with Crippen LogP contribution in [0.15, 0.2) is 12.1 Å². The van der Waals surface area contributed by atoms with Gasteiger partial charge in [0.2, 0.25) is 0 Å². The van der Waals surface area contributed by atoms with Crippen LogP contribution in [0.3, 0.4) is 0 Å². The summed E-state index contributed by atoms with van der Waals surface area (Å²) in [4.78, 5) is 11.1. The molecule has 0 amide bonds. The molecule has 0 heterocycles. The van der Waals surface area contributed by atoms with E-state index in [-0.39, 0.29) is 0 Å². The molecule has 0 aliphatic heterocycles. The van der Waals surface area contributed by atoms with E-state index in [0.29, 0.717) is 13.2 Å². The standard InChI is InChI=1S/C14H21NO3/c1-9-5-6-12(11(3)14(16)17)10(2)13(9)18-8-4-7-15/h5-6,11H,4,7-8,15H2,1-3H3,(H,16,17). The van der Waals surface area contributed by atoms with Crippen LogP contribution in [0.1, 0.15) is 36.0 Å². The van der Waals surface area contributed by atoms with Gasteiger partial charge in [0.1, 0.15) is 5.75 Å². The Balaban J connectivity index is 3.02. The lowest BCUT2D eigenvalue weighted by Gasteiger charge is -2.17. The Bertz CT molecular complexity index is 429. The molecule has 0 saturated carbocycles. The van der Waals surface area contributed by atoms with Crippen molar-refractivity contribution >= 4 is 5.97 Å². The van der Waals surface area contributed by atoms with Crippen molar-refractivity contribution < 1.29 is 14.6 Å². The Kier molecular flexibility index (Phi) is 5.16. The van der Waals surface area contributed by atoms with Crippen molar-refractivity contribution in [2.24, 2.45) is 5.73 Å². The zero-order valence-corrected chi connectivity index (χ0v) is 11.2. The van der Waals surface area contributed by atoms with E-state index in [0.717, 1.165) is 28.9 Å². The van der Waals surface area contributed by atoms with Gasteiger partial charge in [-0.1, -0.05) is 12.1 Å². The topological polar surface area (TPSA) is 72.5 Å². The highest BCUT2D eigenvalue weighted by atomic mass is 16.5. The van der Waals surface area contributed by atoms with Gasteiger partial charge >= 0.3 is 5.97 Å². The summed E-state index contributed by atoms with van der Waals surface area (Å²) >= 11 is 0. The number of nitrogens with two attached hydrogens (primary N) is 1. The average molecular weight is 251 g/mol. The highest BCUT2D eigenvalue weighted by Crippen LogP contribution is 2.30. The van der Waals surface area contributed by atoms with Crippen LogP contribution in [0.2, 0.25) is 0 Å². The molecule has 0 spiro atoms. The van der Waals surface area contributed by atoms with E-state index < -0.39 is 11.9 Å². The van der Waals surface area contributed by atoms with Crippen molar-refractivity contribution in [1.29, 1.82) is 0 Å². The molecule has 4 heteroatoms. The van der Waals surface area contributed by atoms with Crippen molar-refractivity contribution in [3.8, 4) is 5.75 Å². The molecule has 100 valence electrons. The van der Waals surface area contributed by atoms with Gasteiger partial charge in [0.25, 0.3) is 0 Å². The smallest absolute Gasteiger partial charge is 0.310 e. The Morgan fingerprint density at radius 2 is 2.11 bits per heavy atom. The zero-order chi connectivity index (χ0) is 13.7. The fourth-order valence-electron chi connectivity index (χ4n) is 1.92. The zero-order valence-electron chi connectivity index (χ0n) is 11.2. The minimum atomic E-state index is -0.824. The molecule has 0 saturated heterocycles. The number of carboxylic acids is 1. The molecule has 1 aromatic carbocycles. The van der Waals surface area contributed by atoms with Crippen molar-refractivity contribution in [1.82, 2.24) is 0 Å². The fraction of sp³-hybridized carbons (Fsp3) is 0.500. The van der Waals surface area contributed by atoms with E-state index in [4.69, 9.17) is 15.6 Å². The number of aliphatic carboxylic acids is 1. The van der Waals surface area contributed by atoms with Gasteiger partial charge < -0.3 is 15.6 Å². The van der Waals surface area contributed by atoms with E-state index in [1.54, 1.807) is 6.92 Å². The molecule has 0 radical (unpaired) electrons. The first-order valence-corrected chi connectivity index (χ1v) is 6.14. The van der Waals surface area contributed by atoms with E-state index in [1.807, 2.05) is 26.0 Å². The van der Waals surface area contributed by atoms with Gasteiger partial charge in [0.05, 0.1) is 12.5 Å². The second-order valence-electron chi connectivity index (χ2n) is 4.48. The maximum Gasteiger partial charge on any atom is 0.310 e. The van der Waals surface area contributed by atoms with E-state index in [9.17, 15) is 4.79 Å². The number of benzene rings is 1. The van der Waals surface area contributed by atoms with Crippen molar-refractivity contribution in [2.75, 3.05) is 13.2 Å². The predicted molar refractivity (Wildman–Crippen MR) is 71.1 cm³/mol. The van der Waals surface area contributed by atoms with Gasteiger partial charge in [0.15, 0.2) is 0 Å². The summed E-state index contributed by atoms with van der Waals surface area (Å²) in [5, 5.41) is 9.08. The molecule has 1 rings (SSSR count). The summed E-state index contributed by atoms with van der Waals surface area (Å²) < 4.78 is 5.71. The summed E-state index contributed by atoms with van der Waals surface area (Å²) in [6.07, 6.45) is 0.789. The van der Waals surface area contributed by atoms with E-state index >= 15 is 0 Å². The van der Waals surface area contributed by atoms with Gasteiger partial charge in [-0.05, 0) is 50.4 Å². The first kappa shape index (κ1) is 14.5. The third-order valence-electron chi connectivity index (χ3n) is 3.08. The Hall–Kier alpha value is -1.55. The molecule has 18 heavy (non-hydrogen) atoms. The van der Waals surface area contributed by atoms with Gasteiger partial charge in [-0.25, -0.2) is 0 Å². The van der Waals surface area contributed by atoms with Crippen LogP contribution in [-0.4, -0.2) is 24.2 Å². The molecule has 0 aliphatic carbocycles. The third-order valence-corrected chi connectivity index (χ3v) is 3.08. The molecule has 3 N–H and O–H groups in total. The molecule has 1 aromatic rings. The third kappa shape index (κ3) is 3.23. The Labute approximate surface area is 108 Å². The second-order valence-corrected chi connectivity index (χ2v) is 4.48. The van der Waals surface area contributed by atoms with Crippen LogP contribution in [0.4, 0.5) is 0 Å². The number of hydrogen-bond donors (Lipinski definition) is 2. The highest BCUT2D eigenvalue weighted by molar-refractivity contribution is 5.76. The van der Waals surface area contributed by atoms with Gasteiger partial charge in [0, 0.05) is 0 Å². The molecular weight excluding hydrogens is 230 g/mol. The first-order valence-electron chi connectivity index (χ1n) is 6.14. The van der Waals surface area contributed by atoms with Crippen molar-refractivity contribution in [2.45, 2.75) is 33.1 Å². The van der Waals surface area contributed by atoms with Crippen molar-refractivity contribution in [3.05, 3.63) is 28.8 Å². The second kappa shape index (κ2) is 6.40. The van der Waals surface area contributed by atoms with E-state index in [1.165, 1.54) is 0 Å². The number of hydrogen-bond acceptors (Lipinski definition) is 3. The summed E-state index contributed by atoms with van der Waals surface area (Å²) in [5.41, 5.74) is 8.15. The summed E-state index contributed by atoms with van der Waals surface area (Å²) in [7, 11) is 0. The normalized spacial score (nSPS) is 12.2. The molecule has 1 atom stereocenters. The summed E-state index contributed by atoms with van der Waals surface area (Å²) in [6.45, 7) is 6.69. The average Bonchev–Trinajstić information content (AvgIpc) is 2.32. The van der Waals surface area contributed by atoms with Crippen LogP contribution in [-0.2, 0) is 4.79 Å². The van der Waals surface area contributed by atoms with Crippen LogP contribution < -0.4 is 10.5 Å². The summed E-state index contributed by atoms with van der Waals surface area (Å²) in [5.74, 6) is -0.564. The number of carboxylic acid groups (broad SMARTS) is 1. The monoisotopic (exact) mass is 251 g/mol. The van der Waals surface area contributed by atoms with E-state index in [2.05, 4.69) is 0 Å². The minimum absolute atomic E-state index is 0.526.